The SMILES string of the molecule is CC(=O)N1CCC[C@H]1c1ncn(C)n1. The first-order valence-electron chi connectivity index (χ1n) is 4.81. The monoisotopic (exact) mass is 194 g/mol. The van der Waals surface area contributed by atoms with Gasteiger partial charge in [-0.1, -0.05) is 0 Å². The van der Waals surface area contributed by atoms with Gasteiger partial charge < -0.3 is 4.90 Å². The zero-order valence-corrected chi connectivity index (χ0v) is 8.47. The molecule has 2 heterocycles. The molecule has 5 heteroatoms. The van der Waals surface area contributed by atoms with E-state index in [1.807, 2.05) is 11.9 Å². The molecule has 0 spiro atoms. The van der Waals surface area contributed by atoms with Gasteiger partial charge in [-0.2, -0.15) is 5.10 Å². The predicted octanol–water partition coefficient (Wildman–Crippen LogP) is 0.499. The summed E-state index contributed by atoms with van der Waals surface area (Å²) >= 11 is 0. The number of hydrogen-bond donors (Lipinski definition) is 0. The molecule has 0 unspecified atom stereocenters. The molecule has 1 atom stereocenters. The van der Waals surface area contributed by atoms with E-state index in [9.17, 15) is 4.79 Å². The summed E-state index contributed by atoms with van der Waals surface area (Å²) in [5.74, 6) is 0.875. The second kappa shape index (κ2) is 3.40. The summed E-state index contributed by atoms with van der Waals surface area (Å²) in [6.45, 7) is 2.43. The molecular weight excluding hydrogens is 180 g/mol. The largest absolute Gasteiger partial charge is 0.333 e. The number of carbonyl (C=O) groups excluding carboxylic acids is 1. The third-order valence-electron chi connectivity index (χ3n) is 2.57. The molecule has 1 aromatic rings. The smallest absolute Gasteiger partial charge is 0.220 e. The first-order valence-corrected chi connectivity index (χ1v) is 4.81. The number of rotatable bonds is 1. The Balaban J connectivity index is 2.21. The number of likely N-dealkylation sites (tertiary alicyclic amines) is 1. The molecule has 1 amide bonds. The zero-order valence-electron chi connectivity index (χ0n) is 8.47. The van der Waals surface area contributed by atoms with Crippen molar-refractivity contribution < 1.29 is 4.79 Å². The number of aromatic nitrogens is 3. The summed E-state index contributed by atoms with van der Waals surface area (Å²) in [5, 5.41) is 4.24. The van der Waals surface area contributed by atoms with E-state index < -0.39 is 0 Å². The van der Waals surface area contributed by atoms with Gasteiger partial charge in [0, 0.05) is 20.5 Å². The van der Waals surface area contributed by atoms with Crippen LogP contribution in [0.1, 0.15) is 31.6 Å². The molecule has 0 saturated carbocycles. The van der Waals surface area contributed by atoms with Crippen LogP contribution in [0.4, 0.5) is 0 Å². The highest BCUT2D eigenvalue weighted by Crippen LogP contribution is 2.29. The fourth-order valence-electron chi connectivity index (χ4n) is 1.92. The van der Waals surface area contributed by atoms with Crippen LogP contribution >= 0.6 is 0 Å². The van der Waals surface area contributed by atoms with Crippen molar-refractivity contribution in [1.29, 1.82) is 0 Å². The van der Waals surface area contributed by atoms with Gasteiger partial charge in [0.2, 0.25) is 5.91 Å². The summed E-state index contributed by atoms with van der Waals surface area (Å²) in [6.07, 6.45) is 3.69. The maximum Gasteiger partial charge on any atom is 0.220 e. The second-order valence-electron chi connectivity index (χ2n) is 3.65. The molecule has 0 aromatic carbocycles. The zero-order chi connectivity index (χ0) is 10.1. The highest BCUT2D eigenvalue weighted by atomic mass is 16.2. The van der Waals surface area contributed by atoms with Gasteiger partial charge in [0.05, 0.1) is 6.04 Å². The van der Waals surface area contributed by atoms with Crippen LogP contribution < -0.4 is 0 Å². The maximum absolute atomic E-state index is 11.3. The van der Waals surface area contributed by atoms with Crippen molar-refractivity contribution in [2.45, 2.75) is 25.8 Å². The number of nitrogens with zero attached hydrogens (tertiary/aromatic N) is 4. The van der Waals surface area contributed by atoms with Gasteiger partial charge >= 0.3 is 0 Å². The van der Waals surface area contributed by atoms with Crippen molar-refractivity contribution in [3.05, 3.63) is 12.2 Å². The van der Waals surface area contributed by atoms with E-state index in [4.69, 9.17) is 0 Å². The van der Waals surface area contributed by atoms with Crippen LogP contribution in [0.15, 0.2) is 6.33 Å². The average molecular weight is 194 g/mol. The highest BCUT2D eigenvalue weighted by Gasteiger charge is 2.30. The summed E-state index contributed by atoms with van der Waals surface area (Å²) < 4.78 is 1.67. The summed E-state index contributed by atoms with van der Waals surface area (Å²) in [7, 11) is 1.84. The Kier molecular flexibility index (Phi) is 2.23. The van der Waals surface area contributed by atoms with Gasteiger partial charge in [-0.25, -0.2) is 4.98 Å². The van der Waals surface area contributed by atoms with Crippen molar-refractivity contribution in [3.8, 4) is 0 Å². The van der Waals surface area contributed by atoms with Crippen LogP contribution in [0, 0.1) is 0 Å². The molecule has 1 aliphatic heterocycles. The molecule has 1 aliphatic rings. The van der Waals surface area contributed by atoms with Gasteiger partial charge in [0.25, 0.3) is 0 Å². The Bertz CT molecular complexity index is 346. The van der Waals surface area contributed by atoms with Gasteiger partial charge in [-0.3, -0.25) is 9.48 Å². The van der Waals surface area contributed by atoms with Crippen molar-refractivity contribution in [2.24, 2.45) is 7.05 Å². The topological polar surface area (TPSA) is 51.0 Å². The Morgan fingerprint density at radius 1 is 1.64 bits per heavy atom. The second-order valence-corrected chi connectivity index (χ2v) is 3.65. The van der Waals surface area contributed by atoms with E-state index in [1.54, 1.807) is 17.9 Å². The Morgan fingerprint density at radius 3 is 3.00 bits per heavy atom. The van der Waals surface area contributed by atoms with E-state index in [0.717, 1.165) is 25.2 Å². The molecule has 0 radical (unpaired) electrons. The quantitative estimate of drug-likeness (QED) is 0.654. The van der Waals surface area contributed by atoms with Crippen LogP contribution in [0.25, 0.3) is 0 Å². The number of hydrogen-bond acceptors (Lipinski definition) is 3. The summed E-state index contributed by atoms with van der Waals surface area (Å²) in [5.41, 5.74) is 0. The van der Waals surface area contributed by atoms with E-state index in [1.165, 1.54) is 0 Å². The van der Waals surface area contributed by atoms with Crippen molar-refractivity contribution in [3.63, 3.8) is 0 Å². The highest BCUT2D eigenvalue weighted by molar-refractivity contribution is 5.74. The van der Waals surface area contributed by atoms with Crippen LogP contribution in [-0.2, 0) is 11.8 Å². The lowest BCUT2D eigenvalue weighted by atomic mass is 10.2. The van der Waals surface area contributed by atoms with E-state index >= 15 is 0 Å². The molecule has 5 nitrogen and oxygen atoms in total. The molecule has 0 aliphatic carbocycles. The first-order chi connectivity index (χ1) is 6.68. The van der Waals surface area contributed by atoms with E-state index in [2.05, 4.69) is 10.1 Å². The van der Waals surface area contributed by atoms with Crippen molar-refractivity contribution >= 4 is 5.91 Å². The standard InChI is InChI=1S/C9H14N4O/c1-7(14)13-5-3-4-8(13)9-10-6-12(2)11-9/h6,8H,3-5H2,1-2H3/t8-/m0/s1. The molecule has 0 bridgehead atoms. The fourth-order valence-corrected chi connectivity index (χ4v) is 1.92. The van der Waals surface area contributed by atoms with E-state index in [0.29, 0.717) is 0 Å². The van der Waals surface area contributed by atoms with Crippen molar-refractivity contribution in [2.75, 3.05) is 6.54 Å². The summed E-state index contributed by atoms with van der Waals surface area (Å²) in [6, 6.07) is 0.0914. The molecule has 1 saturated heterocycles. The van der Waals surface area contributed by atoms with Crippen LogP contribution in [-0.4, -0.2) is 32.1 Å². The fraction of sp³-hybridized carbons (Fsp3) is 0.667. The lowest BCUT2D eigenvalue weighted by Crippen LogP contribution is -2.28. The average Bonchev–Trinajstić information content (AvgIpc) is 2.70. The minimum Gasteiger partial charge on any atom is -0.333 e. The third kappa shape index (κ3) is 1.49. The predicted molar refractivity (Wildman–Crippen MR) is 50.4 cm³/mol. The van der Waals surface area contributed by atoms with Gasteiger partial charge in [-0.15, -0.1) is 0 Å². The molecule has 14 heavy (non-hydrogen) atoms. The molecule has 76 valence electrons. The first kappa shape index (κ1) is 9.18. The van der Waals surface area contributed by atoms with Gasteiger partial charge in [-0.05, 0) is 12.8 Å². The van der Waals surface area contributed by atoms with Gasteiger partial charge in [0.15, 0.2) is 5.82 Å². The Hall–Kier alpha value is -1.39. The number of carbonyl (C=O) groups is 1. The lowest BCUT2D eigenvalue weighted by molar-refractivity contribution is -0.129. The Labute approximate surface area is 82.7 Å². The summed E-state index contributed by atoms with van der Waals surface area (Å²) in [4.78, 5) is 17.3. The molecule has 1 fully saturated rings. The molecule has 1 aromatic heterocycles. The number of aryl methyl sites for hydroxylation is 1. The molecule has 0 N–H and O–H groups in total. The van der Waals surface area contributed by atoms with Crippen LogP contribution in [0.5, 0.6) is 0 Å². The molecule has 2 rings (SSSR count). The van der Waals surface area contributed by atoms with Crippen LogP contribution in [0.3, 0.4) is 0 Å². The molecular formula is C9H14N4O. The number of amides is 1. The van der Waals surface area contributed by atoms with Crippen LogP contribution in [0.2, 0.25) is 0 Å². The lowest BCUT2D eigenvalue weighted by Gasteiger charge is -2.20. The third-order valence-corrected chi connectivity index (χ3v) is 2.57. The minimum absolute atomic E-state index is 0.0914. The maximum atomic E-state index is 11.3. The minimum atomic E-state index is 0.0914. The van der Waals surface area contributed by atoms with E-state index in [-0.39, 0.29) is 11.9 Å². The Morgan fingerprint density at radius 2 is 2.43 bits per heavy atom. The normalized spacial score (nSPS) is 21.6. The van der Waals surface area contributed by atoms with Gasteiger partial charge in [0.1, 0.15) is 6.33 Å². The van der Waals surface area contributed by atoms with Crippen molar-refractivity contribution in [1.82, 2.24) is 19.7 Å².